The topological polar surface area (TPSA) is 52.6 Å². The molecular formula is C17H26N2O2. The number of carbonyl (C=O) groups is 1. The predicted octanol–water partition coefficient (Wildman–Crippen LogP) is 2.55. The lowest BCUT2D eigenvalue weighted by molar-refractivity contribution is 0.0625. The Hall–Kier alpha value is -1.55. The maximum Gasteiger partial charge on any atom is 0.257 e. The summed E-state index contributed by atoms with van der Waals surface area (Å²) in [5.41, 5.74) is 1.37. The highest BCUT2D eigenvalue weighted by atomic mass is 16.3. The summed E-state index contributed by atoms with van der Waals surface area (Å²) in [5, 5.41) is 13.5. The number of phenols is 1. The Morgan fingerprint density at radius 2 is 2.19 bits per heavy atom. The molecule has 1 aromatic carbocycles. The lowest BCUT2D eigenvalue weighted by Gasteiger charge is -2.38. The van der Waals surface area contributed by atoms with Crippen molar-refractivity contribution >= 4 is 5.91 Å². The van der Waals surface area contributed by atoms with Crippen LogP contribution in [-0.2, 0) is 0 Å². The molecule has 1 amide bonds. The number of rotatable bonds is 4. The van der Waals surface area contributed by atoms with Gasteiger partial charge in [0, 0.05) is 19.1 Å². The van der Waals surface area contributed by atoms with Gasteiger partial charge in [-0.15, -0.1) is 0 Å². The standard InChI is InChI=1S/C17H26N2O2/c1-4-13-11-19(9-8-15(13)18-5-2)17(21)14-7-6-12(3)10-16(14)20/h6-7,10,13,15,18,20H,4-5,8-9,11H2,1-3H3. The van der Waals surface area contributed by atoms with Crippen LogP contribution in [0, 0.1) is 12.8 Å². The van der Waals surface area contributed by atoms with E-state index >= 15 is 0 Å². The van der Waals surface area contributed by atoms with E-state index in [1.807, 2.05) is 17.9 Å². The molecule has 21 heavy (non-hydrogen) atoms. The molecule has 0 saturated carbocycles. The van der Waals surface area contributed by atoms with Crippen molar-refractivity contribution in [2.24, 2.45) is 5.92 Å². The number of likely N-dealkylation sites (tertiary alicyclic amines) is 1. The number of hydrogen-bond acceptors (Lipinski definition) is 3. The minimum atomic E-state index is -0.0547. The fourth-order valence-electron chi connectivity index (χ4n) is 3.15. The van der Waals surface area contributed by atoms with Crippen LogP contribution in [-0.4, -0.2) is 41.6 Å². The van der Waals surface area contributed by atoms with Gasteiger partial charge in [-0.3, -0.25) is 4.79 Å². The number of piperidine rings is 1. The maximum atomic E-state index is 12.6. The molecule has 4 heteroatoms. The number of phenolic OH excluding ortho intramolecular Hbond substituents is 1. The van der Waals surface area contributed by atoms with Gasteiger partial charge < -0.3 is 15.3 Å². The molecule has 1 aromatic rings. The molecule has 4 nitrogen and oxygen atoms in total. The molecule has 2 atom stereocenters. The molecule has 1 fully saturated rings. The normalized spacial score (nSPS) is 22.3. The summed E-state index contributed by atoms with van der Waals surface area (Å²) < 4.78 is 0. The number of nitrogens with one attached hydrogen (secondary N) is 1. The third-order valence-corrected chi connectivity index (χ3v) is 4.40. The fraction of sp³-hybridized carbons (Fsp3) is 0.588. The van der Waals surface area contributed by atoms with Gasteiger partial charge in [0.15, 0.2) is 0 Å². The molecule has 0 radical (unpaired) electrons. The molecule has 1 heterocycles. The summed E-state index contributed by atoms with van der Waals surface area (Å²) in [4.78, 5) is 14.5. The van der Waals surface area contributed by atoms with Crippen molar-refractivity contribution in [3.63, 3.8) is 0 Å². The van der Waals surface area contributed by atoms with Gasteiger partial charge in [-0.2, -0.15) is 0 Å². The van der Waals surface area contributed by atoms with Gasteiger partial charge in [-0.05, 0) is 43.5 Å². The van der Waals surface area contributed by atoms with Gasteiger partial charge in [0.05, 0.1) is 5.56 Å². The molecule has 0 bridgehead atoms. The van der Waals surface area contributed by atoms with Crippen molar-refractivity contribution in [2.45, 2.75) is 39.7 Å². The van der Waals surface area contributed by atoms with Crippen molar-refractivity contribution in [2.75, 3.05) is 19.6 Å². The monoisotopic (exact) mass is 290 g/mol. The average molecular weight is 290 g/mol. The van der Waals surface area contributed by atoms with Crippen LogP contribution in [0.1, 0.15) is 42.6 Å². The molecule has 2 rings (SSSR count). The highest BCUT2D eigenvalue weighted by molar-refractivity contribution is 5.97. The van der Waals surface area contributed by atoms with E-state index in [1.165, 1.54) is 0 Å². The van der Waals surface area contributed by atoms with E-state index in [0.29, 0.717) is 17.5 Å². The molecule has 1 aliphatic heterocycles. The zero-order chi connectivity index (χ0) is 15.4. The predicted molar refractivity (Wildman–Crippen MR) is 84.6 cm³/mol. The van der Waals surface area contributed by atoms with Crippen LogP contribution in [0.4, 0.5) is 0 Å². The van der Waals surface area contributed by atoms with Crippen LogP contribution in [0.2, 0.25) is 0 Å². The number of amides is 1. The van der Waals surface area contributed by atoms with Crippen LogP contribution < -0.4 is 5.32 Å². The number of aromatic hydroxyl groups is 1. The van der Waals surface area contributed by atoms with Gasteiger partial charge in [0.2, 0.25) is 0 Å². The average Bonchev–Trinajstić information content (AvgIpc) is 2.47. The van der Waals surface area contributed by atoms with E-state index in [-0.39, 0.29) is 11.7 Å². The second-order valence-electron chi connectivity index (χ2n) is 5.89. The zero-order valence-electron chi connectivity index (χ0n) is 13.2. The Kier molecular flexibility index (Phi) is 5.23. The van der Waals surface area contributed by atoms with Gasteiger partial charge in [0.25, 0.3) is 5.91 Å². The van der Waals surface area contributed by atoms with Gasteiger partial charge >= 0.3 is 0 Å². The largest absolute Gasteiger partial charge is 0.507 e. The Bertz CT molecular complexity index is 502. The molecular weight excluding hydrogens is 264 g/mol. The highest BCUT2D eigenvalue weighted by Gasteiger charge is 2.30. The summed E-state index contributed by atoms with van der Waals surface area (Å²) in [6.07, 6.45) is 2.03. The van der Waals surface area contributed by atoms with Crippen molar-refractivity contribution in [1.82, 2.24) is 10.2 Å². The third-order valence-electron chi connectivity index (χ3n) is 4.40. The van der Waals surface area contributed by atoms with Crippen LogP contribution in [0.3, 0.4) is 0 Å². The van der Waals surface area contributed by atoms with E-state index in [9.17, 15) is 9.90 Å². The number of nitrogens with zero attached hydrogens (tertiary/aromatic N) is 1. The Morgan fingerprint density at radius 1 is 1.43 bits per heavy atom. The van der Waals surface area contributed by atoms with E-state index < -0.39 is 0 Å². The number of benzene rings is 1. The number of carbonyl (C=O) groups excluding carboxylic acids is 1. The summed E-state index contributed by atoms with van der Waals surface area (Å²) in [6.45, 7) is 8.68. The van der Waals surface area contributed by atoms with Crippen LogP contribution in [0.25, 0.3) is 0 Å². The Morgan fingerprint density at radius 3 is 2.81 bits per heavy atom. The van der Waals surface area contributed by atoms with Crippen LogP contribution >= 0.6 is 0 Å². The first-order chi connectivity index (χ1) is 10.1. The first kappa shape index (κ1) is 15.8. The Balaban J connectivity index is 2.10. The van der Waals surface area contributed by atoms with E-state index in [2.05, 4.69) is 19.2 Å². The lowest BCUT2D eigenvalue weighted by Crippen LogP contribution is -2.50. The molecule has 2 N–H and O–H groups in total. The van der Waals surface area contributed by atoms with Gasteiger partial charge in [-0.25, -0.2) is 0 Å². The first-order valence-corrected chi connectivity index (χ1v) is 7.89. The van der Waals surface area contributed by atoms with Crippen molar-refractivity contribution in [1.29, 1.82) is 0 Å². The number of aryl methyl sites for hydroxylation is 1. The fourth-order valence-corrected chi connectivity index (χ4v) is 3.15. The summed E-state index contributed by atoms with van der Waals surface area (Å²) in [6, 6.07) is 5.74. The third kappa shape index (κ3) is 3.56. The van der Waals surface area contributed by atoms with Gasteiger partial charge in [0.1, 0.15) is 5.75 Å². The molecule has 0 aliphatic carbocycles. The van der Waals surface area contributed by atoms with E-state index in [4.69, 9.17) is 0 Å². The second-order valence-corrected chi connectivity index (χ2v) is 5.89. The summed E-state index contributed by atoms with van der Waals surface area (Å²) >= 11 is 0. The van der Waals surface area contributed by atoms with Crippen molar-refractivity contribution < 1.29 is 9.90 Å². The van der Waals surface area contributed by atoms with Crippen molar-refractivity contribution in [3.8, 4) is 5.75 Å². The van der Waals surface area contributed by atoms with E-state index in [1.54, 1.807) is 12.1 Å². The smallest absolute Gasteiger partial charge is 0.257 e. The zero-order valence-corrected chi connectivity index (χ0v) is 13.2. The lowest BCUT2D eigenvalue weighted by atomic mass is 9.89. The molecule has 2 unspecified atom stereocenters. The Labute approximate surface area is 127 Å². The summed E-state index contributed by atoms with van der Waals surface area (Å²) in [5.74, 6) is 0.512. The van der Waals surface area contributed by atoms with E-state index in [0.717, 1.165) is 38.0 Å². The van der Waals surface area contributed by atoms with Crippen molar-refractivity contribution in [3.05, 3.63) is 29.3 Å². The van der Waals surface area contributed by atoms with Crippen LogP contribution in [0.15, 0.2) is 18.2 Å². The minimum absolute atomic E-state index is 0.0547. The highest BCUT2D eigenvalue weighted by Crippen LogP contribution is 2.25. The first-order valence-electron chi connectivity index (χ1n) is 7.89. The molecule has 1 saturated heterocycles. The molecule has 0 spiro atoms. The molecule has 1 aliphatic rings. The minimum Gasteiger partial charge on any atom is -0.507 e. The SMILES string of the molecule is CCNC1CCN(C(=O)c2ccc(C)cc2O)CC1CC. The maximum absolute atomic E-state index is 12.6. The number of hydrogen-bond donors (Lipinski definition) is 2. The van der Waals surface area contributed by atoms with Crippen LogP contribution in [0.5, 0.6) is 5.75 Å². The molecule has 0 aromatic heterocycles. The summed E-state index contributed by atoms with van der Waals surface area (Å²) in [7, 11) is 0. The molecule has 116 valence electrons. The quantitative estimate of drug-likeness (QED) is 0.896. The van der Waals surface area contributed by atoms with Gasteiger partial charge in [-0.1, -0.05) is 26.3 Å². The second kappa shape index (κ2) is 6.94.